The highest BCUT2D eigenvalue weighted by molar-refractivity contribution is 7.98. The van der Waals surface area contributed by atoms with Crippen molar-refractivity contribution in [2.75, 3.05) is 6.26 Å². The van der Waals surface area contributed by atoms with Crippen LogP contribution in [0.3, 0.4) is 0 Å². The molecule has 0 aliphatic rings. The van der Waals surface area contributed by atoms with Crippen LogP contribution in [0.1, 0.15) is 10.4 Å². The zero-order valence-electron chi connectivity index (χ0n) is 6.37. The Hall–Kier alpha value is -0.670. The number of carboxylic acid groups (broad SMARTS) is 1. The fraction of sp³-hybridized carbons (Fsp3) is 0.125. The predicted octanol–water partition coefficient (Wildman–Crippen LogP) is 2.76. The molecule has 0 heterocycles. The van der Waals surface area contributed by atoms with Crippen molar-refractivity contribution in [1.82, 2.24) is 0 Å². The Morgan fingerprint density at radius 1 is 1.58 bits per heavy atom. The number of hydrogen-bond donors (Lipinski definition) is 1. The first-order valence-electron chi connectivity index (χ1n) is 3.22. The van der Waals surface area contributed by atoms with Crippen molar-refractivity contribution < 1.29 is 9.90 Å². The Bertz CT molecular complexity index is 312. The van der Waals surface area contributed by atoms with Crippen LogP contribution in [0.15, 0.2) is 23.1 Å². The molecule has 64 valence electrons. The topological polar surface area (TPSA) is 37.3 Å². The van der Waals surface area contributed by atoms with Crippen molar-refractivity contribution in [2.45, 2.75) is 4.90 Å². The van der Waals surface area contributed by atoms with Crippen LogP contribution < -0.4 is 0 Å². The Morgan fingerprint density at radius 2 is 2.25 bits per heavy atom. The molecule has 0 aliphatic carbocycles. The third-order valence-corrected chi connectivity index (χ3v) is 2.44. The number of rotatable bonds is 2. The van der Waals surface area contributed by atoms with Gasteiger partial charge in [-0.05, 0) is 24.5 Å². The molecule has 12 heavy (non-hydrogen) atoms. The third-order valence-electron chi connectivity index (χ3n) is 1.41. The van der Waals surface area contributed by atoms with E-state index in [1.165, 1.54) is 17.8 Å². The van der Waals surface area contributed by atoms with Gasteiger partial charge in [-0.25, -0.2) is 4.79 Å². The Labute approximate surface area is 79.5 Å². The maximum absolute atomic E-state index is 10.5. The summed E-state index contributed by atoms with van der Waals surface area (Å²) >= 11 is 7.23. The average Bonchev–Trinajstić information content (AvgIpc) is 2.03. The van der Waals surface area contributed by atoms with Crippen molar-refractivity contribution in [3.63, 3.8) is 0 Å². The lowest BCUT2D eigenvalue weighted by Gasteiger charge is -2.00. The summed E-state index contributed by atoms with van der Waals surface area (Å²) in [6, 6.07) is 4.90. The van der Waals surface area contributed by atoms with Gasteiger partial charge in [0.1, 0.15) is 0 Å². The summed E-state index contributed by atoms with van der Waals surface area (Å²) in [6.45, 7) is 0. The summed E-state index contributed by atoms with van der Waals surface area (Å²) in [6.07, 6.45) is 1.91. The second kappa shape index (κ2) is 3.83. The van der Waals surface area contributed by atoms with Crippen molar-refractivity contribution in [3.8, 4) is 0 Å². The van der Waals surface area contributed by atoms with E-state index in [1.807, 2.05) is 6.26 Å². The molecule has 2 nitrogen and oxygen atoms in total. The maximum atomic E-state index is 10.5. The second-order valence-electron chi connectivity index (χ2n) is 2.15. The molecular weight excluding hydrogens is 196 g/mol. The SMILES string of the molecule is CSc1ccc(C(=O)O)c(Cl)c1. The zero-order valence-corrected chi connectivity index (χ0v) is 7.95. The lowest BCUT2D eigenvalue weighted by Crippen LogP contribution is -1.96. The normalized spacial score (nSPS) is 9.83. The Kier molecular flexibility index (Phi) is 3.00. The van der Waals surface area contributed by atoms with E-state index >= 15 is 0 Å². The number of aromatic carboxylic acids is 1. The highest BCUT2D eigenvalue weighted by atomic mass is 35.5. The molecule has 4 heteroatoms. The summed E-state index contributed by atoms with van der Waals surface area (Å²) in [4.78, 5) is 11.5. The van der Waals surface area contributed by atoms with Gasteiger partial charge in [-0.2, -0.15) is 0 Å². The van der Waals surface area contributed by atoms with Gasteiger partial charge in [-0.1, -0.05) is 11.6 Å². The first kappa shape index (κ1) is 9.42. The molecule has 0 unspecified atom stereocenters. The molecule has 0 aromatic heterocycles. The van der Waals surface area contributed by atoms with Crippen LogP contribution in [0.4, 0.5) is 0 Å². The number of halogens is 1. The van der Waals surface area contributed by atoms with E-state index in [-0.39, 0.29) is 10.6 Å². The van der Waals surface area contributed by atoms with Crippen LogP contribution in [0.2, 0.25) is 5.02 Å². The van der Waals surface area contributed by atoms with Gasteiger partial charge < -0.3 is 5.11 Å². The van der Waals surface area contributed by atoms with E-state index in [0.29, 0.717) is 0 Å². The molecule has 1 rings (SSSR count). The van der Waals surface area contributed by atoms with Gasteiger partial charge >= 0.3 is 5.97 Å². The Morgan fingerprint density at radius 3 is 2.67 bits per heavy atom. The largest absolute Gasteiger partial charge is 0.478 e. The van der Waals surface area contributed by atoms with Gasteiger partial charge in [-0.15, -0.1) is 11.8 Å². The number of carboxylic acids is 1. The minimum atomic E-state index is -0.993. The van der Waals surface area contributed by atoms with E-state index < -0.39 is 5.97 Å². The quantitative estimate of drug-likeness (QED) is 0.750. The first-order valence-corrected chi connectivity index (χ1v) is 4.82. The first-order chi connectivity index (χ1) is 5.65. The van der Waals surface area contributed by atoms with Crippen LogP contribution in [-0.4, -0.2) is 17.3 Å². The van der Waals surface area contributed by atoms with Crippen molar-refractivity contribution in [2.24, 2.45) is 0 Å². The van der Waals surface area contributed by atoms with Gasteiger partial charge in [0.25, 0.3) is 0 Å². The van der Waals surface area contributed by atoms with Gasteiger partial charge in [0, 0.05) is 4.90 Å². The lowest BCUT2D eigenvalue weighted by atomic mass is 10.2. The summed E-state index contributed by atoms with van der Waals surface area (Å²) in [5.74, 6) is -0.993. The van der Waals surface area contributed by atoms with E-state index in [2.05, 4.69) is 0 Å². The van der Waals surface area contributed by atoms with Gasteiger partial charge in [0.05, 0.1) is 10.6 Å². The lowest BCUT2D eigenvalue weighted by molar-refractivity contribution is 0.0697. The highest BCUT2D eigenvalue weighted by Crippen LogP contribution is 2.23. The smallest absolute Gasteiger partial charge is 0.337 e. The fourth-order valence-corrected chi connectivity index (χ4v) is 1.56. The standard InChI is InChI=1S/C8H7ClO2S/c1-12-5-2-3-6(8(10)11)7(9)4-5/h2-4H,1H3,(H,10,11). The molecule has 0 atom stereocenters. The minimum Gasteiger partial charge on any atom is -0.478 e. The molecule has 1 aromatic carbocycles. The molecule has 0 saturated heterocycles. The molecule has 1 N–H and O–H groups in total. The summed E-state index contributed by atoms with van der Waals surface area (Å²) in [5, 5.41) is 8.92. The monoisotopic (exact) mass is 202 g/mol. The Balaban J connectivity index is 3.12. The molecule has 0 amide bonds. The highest BCUT2D eigenvalue weighted by Gasteiger charge is 2.07. The summed E-state index contributed by atoms with van der Waals surface area (Å²) < 4.78 is 0. The minimum absolute atomic E-state index is 0.148. The third kappa shape index (κ3) is 1.93. The molecular formula is C8H7ClO2S. The number of benzene rings is 1. The maximum Gasteiger partial charge on any atom is 0.337 e. The zero-order chi connectivity index (χ0) is 9.14. The van der Waals surface area contributed by atoms with Crippen LogP contribution >= 0.6 is 23.4 Å². The van der Waals surface area contributed by atoms with Crippen molar-refractivity contribution >= 4 is 29.3 Å². The van der Waals surface area contributed by atoms with Crippen LogP contribution in [0.5, 0.6) is 0 Å². The fourth-order valence-electron chi connectivity index (χ4n) is 0.796. The molecule has 0 aliphatic heterocycles. The molecule has 0 radical (unpaired) electrons. The average molecular weight is 203 g/mol. The van der Waals surface area contributed by atoms with Gasteiger partial charge in [0.2, 0.25) is 0 Å². The number of carbonyl (C=O) groups is 1. The van der Waals surface area contributed by atoms with Crippen molar-refractivity contribution in [3.05, 3.63) is 28.8 Å². The van der Waals surface area contributed by atoms with Crippen molar-refractivity contribution in [1.29, 1.82) is 0 Å². The van der Waals surface area contributed by atoms with E-state index in [1.54, 1.807) is 12.1 Å². The van der Waals surface area contributed by atoms with E-state index in [9.17, 15) is 4.79 Å². The van der Waals surface area contributed by atoms with Crippen LogP contribution in [0.25, 0.3) is 0 Å². The number of thioether (sulfide) groups is 1. The molecule has 0 fully saturated rings. The van der Waals surface area contributed by atoms with Gasteiger partial charge in [-0.3, -0.25) is 0 Å². The summed E-state index contributed by atoms with van der Waals surface area (Å²) in [7, 11) is 0. The van der Waals surface area contributed by atoms with E-state index in [0.717, 1.165) is 4.90 Å². The molecule has 0 spiro atoms. The second-order valence-corrected chi connectivity index (χ2v) is 3.44. The van der Waals surface area contributed by atoms with Crippen LogP contribution in [0, 0.1) is 0 Å². The van der Waals surface area contributed by atoms with Gasteiger partial charge in [0.15, 0.2) is 0 Å². The van der Waals surface area contributed by atoms with E-state index in [4.69, 9.17) is 16.7 Å². The predicted molar refractivity (Wildman–Crippen MR) is 50.2 cm³/mol. The van der Waals surface area contributed by atoms with Crippen LogP contribution in [-0.2, 0) is 0 Å². The molecule has 0 bridgehead atoms. The molecule has 0 saturated carbocycles. The summed E-state index contributed by atoms with van der Waals surface area (Å²) in [5.41, 5.74) is 0.148. The molecule has 1 aromatic rings. The number of hydrogen-bond acceptors (Lipinski definition) is 2.